The number of amides is 2. The third kappa shape index (κ3) is 9.62. The number of Topliss-reactive ketones (excluding diaryl/α,β-unsaturated/α-hetero) is 1. The van der Waals surface area contributed by atoms with Crippen LogP contribution in [-0.2, 0) is 27.2 Å². The molecule has 10 nitrogen and oxygen atoms in total. The van der Waals surface area contributed by atoms with Gasteiger partial charge >= 0.3 is 0 Å². The van der Waals surface area contributed by atoms with Crippen LogP contribution in [-0.4, -0.2) is 86.8 Å². The van der Waals surface area contributed by atoms with Crippen molar-refractivity contribution in [3.63, 3.8) is 0 Å². The summed E-state index contributed by atoms with van der Waals surface area (Å²) in [5, 5.41) is 35.6. The molecule has 0 saturated carbocycles. The SMILES string of the molecule is CNCCC[C@@H](CO)CC(=O)[C@@H]1Cc2cccc(c2)-c2ccc(O)c(c2)C[C@H](NC)C(=O)N[C@@H](CCCNC)C(=O)N1. The molecule has 2 aromatic carbocycles. The molecule has 0 fully saturated rings. The second-order valence-electron chi connectivity index (χ2n) is 11.1. The number of aliphatic hydroxyl groups is 1. The van der Waals surface area contributed by atoms with Gasteiger partial charge in [0, 0.05) is 19.4 Å². The minimum Gasteiger partial charge on any atom is -0.508 e. The number of phenols is 1. The predicted molar refractivity (Wildman–Crippen MR) is 164 cm³/mol. The van der Waals surface area contributed by atoms with E-state index in [9.17, 15) is 24.6 Å². The Bertz CT molecular complexity index is 1190. The van der Waals surface area contributed by atoms with Gasteiger partial charge in [0.2, 0.25) is 11.8 Å². The highest BCUT2D eigenvalue weighted by molar-refractivity contribution is 5.94. The standard InChI is InChI=1S/C32H47N5O5/c1-33-13-5-8-22(20-38)17-30(40)27-16-21-7-4-9-23(15-21)24-11-12-29(39)25(18-24)19-28(35-3)32(42)36-26(31(41)37-27)10-6-14-34-2/h4,7,9,11-12,15,18,22,26-28,33-35,38-39H,5-6,8,10,13-14,16-17,19-20H2,1-3H3,(H,36,42)(H,37,41)/t22-,26+,27+,28+/m1/s1. The van der Waals surface area contributed by atoms with E-state index in [1.807, 2.05) is 50.5 Å². The number of hydrogen-bond acceptors (Lipinski definition) is 8. The smallest absolute Gasteiger partial charge is 0.243 e. The molecule has 0 aliphatic carbocycles. The summed E-state index contributed by atoms with van der Waals surface area (Å²) in [6.45, 7) is 1.34. The number of phenolic OH excluding ortho intramolecular Hbond substituents is 1. The van der Waals surface area contributed by atoms with E-state index in [-0.39, 0.29) is 49.2 Å². The van der Waals surface area contributed by atoms with E-state index in [2.05, 4.69) is 26.6 Å². The molecule has 230 valence electrons. The molecule has 0 spiro atoms. The van der Waals surface area contributed by atoms with Crippen LogP contribution in [0.3, 0.4) is 0 Å². The number of aliphatic hydroxyl groups excluding tert-OH is 1. The van der Waals surface area contributed by atoms with Gasteiger partial charge in [0.15, 0.2) is 5.78 Å². The number of carbonyl (C=O) groups excluding carboxylic acids is 3. The first-order chi connectivity index (χ1) is 20.3. The van der Waals surface area contributed by atoms with Crippen molar-refractivity contribution in [1.29, 1.82) is 0 Å². The first-order valence-electron chi connectivity index (χ1n) is 14.9. The summed E-state index contributed by atoms with van der Waals surface area (Å²) >= 11 is 0. The van der Waals surface area contributed by atoms with Gasteiger partial charge in [-0.05, 0) is 107 Å². The number of hydrogen-bond donors (Lipinski definition) is 7. The maximum Gasteiger partial charge on any atom is 0.243 e. The molecule has 0 aromatic heterocycles. The Morgan fingerprint density at radius 3 is 2.40 bits per heavy atom. The molecule has 1 aliphatic rings. The predicted octanol–water partition coefficient (Wildman–Crippen LogP) is 1.28. The van der Waals surface area contributed by atoms with Gasteiger partial charge in [-0.2, -0.15) is 0 Å². The Morgan fingerprint density at radius 1 is 0.952 bits per heavy atom. The van der Waals surface area contributed by atoms with Crippen LogP contribution in [0, 0.1) is 5.92 Å². The van der Waals surface area contributed by atoms with Crippen molar-refractivity contribution < 1.29 is 24.6 Å². The number of nitrogens with one attached hydrogen (secondary N) is 5. The number of fused-ring (bicyclic) bond motifs is 5. The van der Waals surface area contributed by atoms with Crippen molar-refractivity contribution in [3.05, 3.63) is 53.6 Å². The van der Waals surface area contributed by atoms with E-state index in [0.29, 0.717) is 31.4 Å². The molecule has 2 amide bonds. The summed E-state index contributed by atoms with van der Waals surface area (Å²) in [4.78, 5) is 40.8. The fourth-order valence-electron chi connectivity index (χ4n) is 5.38. The number of carbonyl (C=O) groups is 3. The Balaban J connectivity index is 2.00. The zero-order chi connectivity index (χ0) is 30.5. The molecule has 0 radical (unpaired) electrons. The number of benzene rings is 2. The highest BCUT2D eigenvalue weighted by atomic mass is 16.3. The van der Waals surface area contributed by atoms with Gasteiger partial charge < -0.3 is 36.8 Å². The van der Waals surface area contributed by atoms with Crippen molar-refractivity contribution in [3.8, 4) is 16.9 Å². The first-order valence-corrected chi connectivity index (χ1v) is 14.9. The van der Waals surface area contributed by atoms with Crippen LogP contribution >= 0.6 is 0 Å². The van der Waals surface area contributed by atoms with Gasteiger partial charge in [0.1, 0.15) is 11.8 Å². The average Bonchev–Trinajstić information content (AvgIpc) is 2.99. The Hall–Kier alpha value is -3.31. The summed E-state index contributed by atoms with van der Waals surface area (Å²) in [7, 11) is 5.36. The third-order valence-corrected chi connectivity index (χ3v) is 7.91. The molecule has 4 atom stereocenters. The molecule has 2 aromatic rings. The molecule has 4 bridgehead atoms. The molecule has 3 rings (SSSR count). The molecule has 1 heterocycles. The summed E-state index contributed by atoms with van der Waals surface area (Å²) in [5.74, 6) is -1.05. The molecule has 1 aliphatic heterocycles. The van der Waals surface area contributed by atoms with Crippen molar-refractivity contribution in [2.24, 2.45) is 5.92 Å². The molecule has 0 saturated heterocycles. The lowest BCUT2D eigenvalue weighted by molar-refractivity contribution is -0.132. The molecule has 0 unspecified atom stereocenters. The summed E-state index contributed by atoms with van der Waals surface area (Å²) in [5.41, 5.74) is 3.25. The molecule has 42 heavy (non-hydrogen) atoms. The van der Waals surface area contributed by atoms with Crippen LogP contribution < -0.4 is 26.6 Å². The van der Waals surface area contributed by atoms with Gasteiger partial charge in [0.25, 0.3) is 0 Å². The van der Waals surface area contributed by atoms with Crippen LogP contribution in [0.15, 0.2) is 42.5 Å². The van der Waals surface area contributed by atoms with Crippen LogP contribution in [0.25, 0.3) is 11.1 Å². The number of rotatable bonds is 13. The molecular formula is C32H47N5O5. The number of likely N-dealkylation sites (N-methyl/N-ethyl adjacent to an activating group) is 1. The number of ketones is 1. The largest absolute Gasteiger partial charge is 0.508 e. The lowest BCUT2D eigenvalue weighted by atomic mass is 9.91. The van der Waals surface area contributed by atoms with Crippen LogP contribution in [0.5, 0.6) is 5.75 Å². The van der Waals surface area contributed by atoms with Gasteiger partial charge in [-0.25, -0.2) is 0 Å². The van der Waals surface area contributed by atoms with E-state index < -0.39 is 24.0 Å². The van der Waals surface area contributed by atoms with Crippen LogP contribution in [0.1, 0.15) is 43.2 Å². The highest BCUT2D eigenvalue weighted by Gasteiger charge is 2.30. The Labute approximate surface area is 249 Å². The topological polar surface area (TPSA) is 152 Å². The van der Waals surface area contributed by atoms with E-state index in [0.717, 1.165) is 29.7 Å². The second kappa shape index (κ2) is 17.0. The highest BCUT2D eigenvalue weighted by Crippen LogP contribution is 2.28. The van der Waals surface area contributed by atoms with Crippen molar-refractivity contribution in [2.75, 3.05) is 40.8 Å². The zero-order valence-corrected chi connectivity index (χ0v) is 25.0. The van der Waals surface area contributed by atoms with E-state index >= 15 is 0 Å². The van der Waals surface area contributed by atoms with E-state index in [1.165, 1.54) is 0 Å². The lowest BCUT2D eigenvalue weighted by Gasteiger charge is -2.26. The summed E-state index contributed by atoms with van der Waals surface area (Å²) in [6, 6.07) is 10.7. The average molecular weight is 582 g/mol. The monoisotopic (exact) mass is 581 g/mol. The van der Waals surface area contributed by atoms with E-state index in [4.69, 9.17) is 0 Å². The van der Waals surface area contributed by atoms with Crippen molar-refractivity contribution >= 4 is 17.6 Å². The van der Waals surface area contributed by atoms with Gasteiger partial charge in [-0.15, -0.1) is 0 Å². The summed E-state index contributed by atoms with van der Waals surface area (Å²) < 4.78 is 0. The Kier molecular flexibility index (Phi) is 13.4. The minimum absolute atomic E-state index is 0.0920. The Morgan fingerprint density at radius 2 is 1.69 bits per heavy atom. The van der Waals surface area contributed by atoms with Crippen LogP contribution in [0.2, 0.25) is 0 Å². The maximum absolute atomic E-state index is 13.7. The maximum atomic E-state index is 13.7. The van der Waals surface area contributed by atoms with Crippen molar-refractivity contribution in [2.45, 2.75) is 63.1 Å². The first kappa shape index (κ1) is 33.2. The van der Waals surface area contributed by atoms with Gasteiger partial charge in [0.05, 0.1) is 12.1 Å². The van der Waals surface area contributed by atoms with Gasteiger partial charge in [-0.3, -0.25) is 14.4 Å². The van der Waals surface area contributed by atoms with Gasteiger partial charge in [-0.1, -0.05) is 30.3 Å². The molecule has 10 heteroatoms. The number of aromatic hydroxyl groups is 1. The third-order valence-electron chi connectivity index (χ3n) is 7.91. The quantitative estimate of drug-likeness (QED) is 0.175. The van der Waals surface area contributed by atoms with Crippen molar-refractivity contribution in [1.82, 2.24) is 26.6 Å². The molecular weight excluding hydrogens is 534 g/mol. The minimum atomic E-state index is -0.849. The second-order valence-corrected chi connectivity index (χ2v) is 11.1. The van der Waals surface area contributed by atoms with E-state index in [1.54, 1.807) is 13.1 Å². The lowest BCUT2D eigenvalue weighted by Crippen LogP contribution is -2.55. The molecule has 7 N–H and O–H groups in total. The fraction of sp³-hybridized carbons (Fsp3) is 0.531. The fourth-order valence-corrected chi connectivity index (χ4v) is 5.38. The van der Waals surface area contributed by atoms with Crippen LogP contribution in [0.4, 0.5) is 0 Å². The normalized spacial score (nSPS) is 20.1. The zero-order valence-electron chi connectivity index (χ0n) is 25.0. The summed E-state index contributed by atoms with van der Waals surface area (Å²) in [6.07, 6.45) is 3.18.